The van der Waals surface area contributed by atoms with Crippen LogP contribution >= 0.6 is 70.7 Å². The van der Waals surface area contributed by atoms with Crippen molar-refractivity contribution in [3.05, 3.63) is 127 Å². The number of ether oxygens (including phenoxy) is 2. The van der Waals surface area contributed by atoms with Crippen LogP contribution in [0.15, 0.2) is 95.1 Å². The first-order chi connectivity index (χ1) is 20.9. The van der Waals surface area contributed by atoms with Gasteiger partial charge in [-0.3, -0.25) is 9.36 Å². The van der Waals surface area contributed by atoms with Crippen molar-refractivity contribution in [2.45, 2.75) is 25.7 Å². The number of carbonyl (C=O) groups is 1. The zero-order chi connectivity index (χ0) is 31.8. The van der Waals surface area contributed by atoms with E-state index in [-0.39, 0.29) is 28.1 Å². The number of alkyl halides is 3. The van der Waals surface area contributed by atoms with Crippen LogP contribution in [-0.4, -0.2) is 23.3 Å². The molecule has 1 aliphatic rings. The van der Waals surface area contributed by atoms with Gasteiger partial charge in [-0.25, -0.2) is 9.79 Å². The first-order valence-corrected chi connectivity index (χ1v) is 16.4. The Kier molecular flexibility index (Phi) is 9.90. The van der Waals surface area contributed by atoms with Gasteiger partial charge in [0.15, 0.2) is 10.5 Å². The summed E-state index contributed by atoms with van der Waals surface area (Å²) in [6, 6.07) is 15.4. The zero-order valence-corrected chi connectivity index (χ0v) is 28.8. The molecule has 5 rings (SSSR count). The lowest BCUT2D eigenvalue weighted by Crippen LogP contribution is -2.41. The van der Waals surface area contributed by atoms with Crippen molar-refractivity contribution in [3.8, 4) is 5.75 Å². The fraction of sp³-hybridized carbons (Fsp3) is 0.167. The Hall–Kier alpha value is -2.71. The van der Waals surface area contributed by atoms with Crippen LogP contribution in [-0.2, 0) is 16.1 Å². The van der Waals surface area contributed by atoms with Gasteiger partial charge in [-0.15, -0.1) is 0 Å². The number of aromatic nitrogens is 1. The minimum Gasteiger partial charge on any atom is -0.487 e. The minimum atomic E-state index is -5.01. The topological polar surface area (TPSA) is 69.9 Å². The fourth-order valence-corrected chi connectivity index (χ4v) is 7.27. The van der Waals surface area contributed by atoms with E-state index >= 15 is 0 Å². The van der Waals surface area contributed by atoms with Gasteiger partial charge in [0.2, 0.25) is 0 Å². The molecule has 0 bridgehead atoms. The summed E-state index contributed by atoms with van der Waals surface area (Å²) in [5, 5.41) is 0.328. The normalized spacial score (nSPS) is 15.2. The molecule has 0 saturated carbocycles. The van der Waals surface area contributed by atoms with Crippen molar-refractivity contribution in [3.63, 3.8) is 0 Å². The Morgan fingerprint density at radius 1 is 1.07 bits per heavy atom. The van der Waals surface area contributed by atoms with Crippen LogP contribution < -0.4 is 19.6 Å². The summed E-state index contributed by atoms with van der Waals surface area (Å²) in [4.78, 5) is 30.6. The molecule has 44 heavy (non-hydrogen) atoms. The quantitative estimate of drug-likeness (QED) is 0.178. The Labute approximate surface area is 282 Å². The molecule has 6 nitrogen and oxygen atoms in total. The predicted molar refractivity (Wildman–Crippen MR) is 173 cm³/mol. The van der Waals surface area contributed by atoms with Gasteiger partial charge in [0, 0.05) is 19.5 Å². The first-order valence-electron chi connectivity index (χ1n) is 12.8. The highest BCUT2D eigenvalue weighted by molar-refractivity contribution is 9.11. The molecule has 0 unspecified atom stereocenters. The van der Waals surface area contributed by atoms with Gasteiger partial charge in [0.25, 0.3) is 5.56 Å². The Bertz CT molecular complexity index is 1960. The highest BCUT2D eigenvalue weighted by Gasteiger charge is 2.45. The van der Waals surface area contributed by atoms with Gasteiger partial charge in [0.1, 0.15) is 12.4 Å². The number of esters is 1. The lowest BCUT2D eigenvalue weighted by Gasteiger charge is -2.26. The van der Waals surface area contributed by atoms with Crippen LogP contribution in [0.2, 0.25) is 5.02 Å². The number of nitrogens with zero attached hydrogens (tertiary/aromatic N) is 2. The number of benzene rings is 3. The number of halogens is 7. The molecule has 14 heteroatoms. The van der Waals surface area contributed by atoms with E-state index in [2.05, 4.69) is 52.8 Å². The molecule has 0 saturated heterocycles. The van der Waals surface area contributed by atoms with Crippen LogP contribution in [0.5, 0.6) is 5.75 Å². The van der Waals surface area contributed by atoms with Crippen molar-refractivity contribution < 1.29 is 27.4 Å². The van der Waals surface area contributed by atoms with Crippen LogP contribution in [0.3, 0.4) is 0 Å². The van der Waals surface area contributed by atoms with Gasteiger partial charge < -0.3 is 9.47 Å². The lowest BCUT2D eigenvalue weighted by atomic mass is 9.95. The van der Waals surface area contributed by atoms with E-state index in [1.165, 1.54) is 37.3 Å². The minimum absolute atomic E-state index is 0.0767. The van der Waals surface area contributed by atoms with Crippen LogP contribution in [0.1, 0.15) is 29.7 Å². The SMILES string of the molecule is CCOC(=O)C1=C(C(F)(F)F)N=c2s/c(=C\c3cc(Br)cc(Br)c3OCc3ccc(Br)cc3)c(=O)n2[C@H]1c1ccc(Cl)cc1. The van der Waals surface area contributed by atoms with Crippen molar-refractivity contribution in [1.29, 1.82) is 0 Å². The second kappa shape index (κ2) is 13.3. The molecule has 3 aromatic carbocycles. The monoisotopic (exact) mass is 832 g/mol. The maximum atomic E-state index is 14.4. The maximum absolute atomic E-state index is 14.4. The predicted octanol–water partition coefficient (Wildman–Crippen LogP) is 7.86. The van der Waals surface area contributed by atoms with Gasteiger partial charge in [-0.05, 0) is 76.5 Å². The smallest absolute Gasteiger partial charge is 0.434 e. The van der Waals surface area contributed by atoms with E-state index < -0.39 is 35.0 Å². The number of hydrogen-bond donors (Lipinski definition) is 0. The Morgan fingerprint density at radius 3 is 2.39 bits per heavy atom. The maximum Gasteiger partial charge on any atom is 0.434 e. The molecular weight excluding hydrogens is 817 g/mol. The molecule has 0 fully saturated rings. The van der Waals surface area contributed by atoms with Crippen LogP contribution in [0, 0.1) is 0 Å². The second-order valence-corrected chi connectivity index (χ2v) is 13.5. The molecular formula is C30H19Br3ClF3N2O4S. The average molecular weight is 836 g/mol. The molecule has 0 amide bonds. The van der Waals surface area contributed by atoms with Crippen molar-refractivity contribution in [2.24, 2.45) is 4.99 Å². The highest BCUT2D eigenvalue weighted by Crippen LogP contribution is 2.39. The summed E-state index contributed by atoms with van der Waals surface area (Å²) < 4.78 is 57.6. The lowest BCUT2D eigenvalue weighted by molar-refractivity contribution is -0.140. The number of rotatable bonds is 7. The summed E-state index contributed by atoms with van der Waals surface area (Å²) in [5.74, 6) is -0.809. The van der Waals surface area contributed by atoms with Gasteiger partial charge >= 0.3 is 12.1 Å². The van der Waals surface area contributed by atoms with Crippen molar-refractivity contribution in [1.82, 2.24) is 4.57 Å². The summed E-state index contributed by atoms with van der Waals surface area (Å²) in [6.07, 6.45) is -3.48. The third-order valence-electron chi connectivity index (χ3n) is 6.40. The molecule has 0 spiro atoms. The van der Waals surface area contributed by atoms with Crippen molar-refractivity contribution >= 4 is 82.8 Å². The third-order valence-corrected chi connectivity index (χ3v) is 9.21. The number of fused-ring (bicyclic) bond motifs is 1. The molecule has 228 valence electrons. The van der Waals surface area contributed by atoms with Crippen LogP contribution in [0.4, 0.5) is 13.2 Å². The van der Waals surface area contributed by atoms with E-state index in [9.17, 15) is 22.8 Å². The average Bonchev–Trinajstić information content (AvgIpc) is 3.27. The number of thiazole rings is 1. The Morgan fingerprint density at radius 2 is 1.75 bits per heavy atom. The van der Waals surface area contributed by atoms with E-state index in [0.29, 0.717) is 25.3 Å². The number of hydrogen-bond acceptors (Lipinski definition) is 6. The van der Waals surface area contributed by atoms with Gasteiger partial charge in [-0.1, -0.05) is 79.1 Å². The van der Waals surface area contributed by atoms with E-state index in [0.717, 1.165) is 25.9 Å². The van der Waals surface area contributed by atoms with E-state index in [1.807, 2.05) is 24.3 Å². The molecule has 1 aliphatic heterocycles. The largest absolute Gasteiger partial charge is 0.487 e. The molecule has 0 N–H and O–H groups in total. The summed E-state index contributed by atoms with van der Waals surface area (Å²) >= 11 is 17.2. The summed E-state index contributed by atoms with van der Waals surface area (Å²) in [5.41, 5.74) is -1.26. The van der Waals surface area contributed by atoms with E-state index in [1.54, 1.807) is 12.1 Å². The third kappa shape index (κ3) is 6.91. The standard InChI is InChI=1S/C30H19Br3ClF3N2O4S/c1-2-42-28(41)23-24(16-5-9-20(34)10-6-16)39-27(40)22(44-29(39)38-26(23)30(35,36)37)12-17-11-19(32)13-21(33)25(17)43-14-15-3-7-18(31)8-4-15/h3-13,24H,2,14H2,1H3/b22-12-/t24-/m0/s1. The highest BCUT2D eigenvalue weighted by atomic mass is 79.9. The molecule has 0 aliphatic carbocycles. The van der Waals surface area contributed by atoms with Crippen LogP contribution in [0.25, 0.3) is 6.08 Å². The molecule has 2 heterocycles. The van der Waals surface area contributed by atoms with Gasteiger partial charge in [0.05, 0.1) is 27.2 Å². The summed E-state index contributed by atoms with van der Waals surface area (Å²) in [7, 11) is 0. The van der Waals surface area contributed by atoms with Gasteiger partial charge in [-0.2, -0.15) is 13.2 Å². The number of allylic oxidation sites excluding steroid dienone is 1. The zero-order valence-electron chi connectivity index (χ0n) is 22.4. The van der Waals surface area contributed by atoms with E-state index in [4.69, 9.17) is 21.1 Å². The Balaban J connectivity index is 1.71. The van der Waals surface area contributed by atoms with Crippen molar-refractivity contribution in [2.75, 3.05) is 6.61 Å². The fourth-order valence-electron chi connectivity index (χ4n) is 4.52. The second-order valence-electron chi connectivity index (χ2n) is 9.34. The number of carbonyl (C=O) groups excluding carboxylic acids is 1. The molecule has 1 atom stereocenters. The molecule has 1 aromatic heterocycles. The summed E-state index contributed by atoms with van der Waals surface area (Å²) in [6.45, 7) is 1.51. The molecule has 0 radical (unpaired) electrons. The molecule has 4 aromatic rings. The first kappa shape index (κ1) is 32.7.